The zero-order valence-corrected chi connectivity index (χ0v) is 16.3. The number of aryl methyl sites for hydroxylation is 2. The second kappa shape index (κ2) is 7.56. The first kappa shape index (κ1) is 18.4. The first-order valence-corrected chi connectivity index (χ1v) is 9.56. The van der Waals surface area contributed by atoms with E-state index in [-0.39, 0.29) is 17.0 Å². The highest BCUT2D eigenvalue weighted by atomic mass is 16.2. The van der Waals surface area contributed by atoms with E-state index >= 15 is 0 Å². The number of hydrogen-bond donors (Lipinski definition) is 0. The Labute approximate surface area is 164 Å². The minimum absolute atomic E-state index is 0.00758. The van der Waals surface area contributed by atoms with Crippen molar-refractivity contribution in [3.05, 3.63) is 75.6 Å². The molecule has 0 bridgehead atoms. The van der Waals surface area contributed by atoms with E-state index in [2.05, 4.69) is 41.2 Å². The van der Waals surface area contributed by atoms with Crippen molar-refractivity contribution in [1.82, 2.24) is 19.6 Å². The maximum absolute atomic E-state index is 13.0. The molecule has 1 amide bonds. The minimum Gasteiger partial charge on any atom is -0.335 e. The number of nitrogens with zero attached hydrogens (tertiary/aromatic N) is 4. The summed E-state index contributed by atoms with van der Waals surface area (Å²) in [5.41, 5.74) is 2.97. The molecule has 0 atom stereocenters. The zero-order chi connectivity index (χ0) is 19.7. The third-order valence-corrected chi connectivity index (χ3v) is 5.35. The Morgan fingerprint density at radius 1 is 1.00 bits per heavy atom. The molecule has 144 valence electrons. The average Bonchev–Trinajstić information content (AvgIpc) is 2.72. The van der Waals surface area contributed by atoms with Crippen molar-refractivity contribution in [2.24, 2.45) is 7.05 Å². The van der Waals surface area contributed by atoms with Crippen LogP contribution in [-0.4, -0.2) is 51.7 Å². The Hall–Kier alpha value is -2.99. The van der Waals surface area contributed by atoms with Crippen molar-refractivity contribution in [2.45, 2.75) is 13.5 Å². The highest BCUT2D eigenvalue weighted by Crippen LogP contribution is 2.13. The van der Waals surface area contributed by atoms with Gasteiger partial charge in [-0.05, 0) is 24.6 Å². The van der Waals surface area contributed by atoms with Gasteiger partial charge in [-0.3, -0.25) is 19.2 Å². The Kier molecular flexibility index (Phi) is 4.96. The summed E-state index contributed by atoms with van der Waals surface area (Å²) in [6, 6.07) is 15.8. The quantitative estimate of drug-likeness (QED) is 0.703. The summed E-state index contributed by atoms with van der Waals surface area (Å²) in [5, 5.41) is 4.80. The van der Waals surface area contributed by atoms with Gasteiger partial charge in [0.1, 0.15) is 0 Å². The van der Waals surface area contributed by atoms with Gasteiger partial charge in [0, 0.05) is 45.2 Å². The van der Waals surface area contributed by atoms with Crippen molar-refractivity contribution < 1.29 is 4.79 Å². The fourth-order valence-electron chi connectivity index (χ4n) is 3.68. The minimum atomic E-state index is -0.291. The first-order valence-electron chi connectivity index (χ1n) is 9.56. The molecule has 4 rings (SSSR count). The van der Waals surface area contributed by atoms with Gasteiger partial charge >= 0.3 is 0 Å². The van der Waals surface area contributed by atoms with E-state index < -0.39 is 0 Å². The molecule has 1 aliphatic heterocycles. The third-order valence-electron chi connectivity index (χ3n) is 5.35. The molecule has 2 aromatic carbocycles. The van der Waals surface area contributed by atoms with E-state index in [1.165, 1.54) is 11.1 Å². The van der Waals surface area contributed by atoms with Crippen LogP contribution in [0.2, 0.25) is 0 Å². The van der Waals surface area contributed by atoms with Crippen molar-refractivity contribution >= 4 is 16.8 Å². The second-order valence-corrected chi connectivity index (χ2v) is 7.37. The van der Waals surface area contributed by atoms with Crippen LogP contribution in [0.4, 0.5) is 0 Å². The Morgan fingerprint density at radius 2 is 1.68 bits per heavy atom. The lowest BCUT2D eigenvalue weighted by atomic mass is 10.1. The number of aromatic nitrogens is 2. The number of amides is 1. The molecule has 1 saturated heterocycles. The smallest absolute Gasteiger partial charge is 0.278 e. The van der Waals surface area contributed by atoms with Crippen LogP contribution in [0.15, 0.2) is 53.3 Å². The van der Waals surface area contributed by atoms with E-state index in [1.54, 1.807) is 22.7 Å². The van der Waals surface area contributed by atoms with Crippen LogP contribution in [0, 0.1) is 6.92 Å². The SMILES string of the molecule is Cc1ccc(CN2CCN(C(=O)c3nn(C)c4ccccc4c3=O)CC2)cc1. The number of rotatable bonds is 3. The van der Waals surface area contributed by atoms with Crippen LogP contribution in [0.1, 0.15) is 21.6 Å². The van der Waals surface area contributed by atoms with Gasteiger partial charge in [0.25, 0.3) is 5.91 Å². The second-order valence-electron chi connectivity index (χ2n) is 7.37. The number of piperazine rings is 1. The van der Waals surface area contributed by atoms with Crippen LogP contribution in [0.5, 0.6) is 0 Å². The van der Waals surface area contributed by atoms with Gasteiger partial charge in [0.2, 0.25) is 5.43 Å². The topological polar surface area (TPSA) is 58.4 Å². The maximum atomic E-state index is 13.0. The molecule has 6 nitrogen and oxygen atoms in total. The van der Waals surface area contributed by atoms with Crippen molar-refractivity contribution in [2.75, 3.05) is 26.2 Å². The number of carbonyl (C=O) groups is 1. The molecular weight excluding hydrogens is 352 g/mol. The van der Waals surface area contributed by atoms with Crippen molar-refractivity contribution in [3.63, 3.8) is 0 Å². The Morgan fingerprint density at radius 3 is 2.39 bits per heavy atom. The van der Waals surface area contributed by atoms with Gasteiger partial charge in [-0.15, -0.1) is 0 Å². The Balaban J connectivity index is 1.47. The van der Waals surface area contributed by atoms with E-state index in [0.717, 1.165) is 25.2 Å². The summed E-state index contributed by atoms with van der Waals surface area (Å²) in [6.45, 7) is 5.73. The summed E-state index contributed by atoms with van der Waals surface area (Å²) in [5.74, 6) is -0.277. The predicted octanol–water partition coefficient (Wildman–Crippen LogP) is 2.20. The highest BCUT2D eigenvalue weighted by Gasteiger charge is 2.26. The van der Waals surface area contributed by atoms with E-state index in [4.69, 9.17) is 0 Å². The monoisotopic (exact) mass is 376 g/mol. The van der Waals surface area contributed by atoms with Crippen LogP contribution < -0.4 is 5.43 Å². The summed E-state index contributed by atoms with van der Waals surface area (Å²) in [4.78, 5) is 29.8. The molecule has 3 aromatic rings. The lowest BCUT2D eigenvalue weighted by molar-refractivity contribution is 0.0619. The highest BCUT2D eigenvalue weighted by molar-refractivity contribution is 5.95. The molecule has 0 spiro atoms. The molecule has 0 aliphatic carbocycles. The summed E-state index contributed by atoms with van der Waals surface area (Å²) in [7, 11) is 1.76. The molecule has 0 unspecified atom stereocenters. The molecule has 28 heavy (non-hydrogen) atoms. The molecule has 2 heterocycles. The van der Waals surface area contributed by atoms with Crippen molar-refractivity contribution in [1.29, 1.82) is 0 Å². The maximum Gasteiger partial charge on any atom is 0.278 e. The van der Waals surface area contributed by atoms with Crippen LogP contribution in [0.3, 0.4) is 0 Å². The van der Waals surface area contributed by atoms with Crippen LogP contribution in [-0.2, 0) is 13.6 Å². The molecular formula is C22H24N4O2. The van der Waals surface area contributed by atoms with Gasteiger partial charge < -0.3 is 4.90 Å². The number of fused-ring (bicyclic) bond motifs is 1. The van der Waals surface area contributed by atoms with E-state index in [1.807, 2.05) is 18.2 Å². The molecule has 1 fully saturated rings. The lowest BCUT2D eigenvalue weighted by Crippen LogP contribution is -2.49. The number of carbonyl (C=O) groups excluding carboxylic acids is 1. The molecule has 0 saturated carbocycles. The first-order chi connectivity index (χ1) is 13.5. The van der Waals surface area contributed by atoms with E-state index in [0.29, 0.717) is 18.5 Å². The predicted molar refractivity (Wildman–Crippen MR) is 109 cm³/mol. The summed E-state index contributed by atoms with van der Waals surface area (Å²) >= 11 is 0. The largest absolute Gasteiger partial charge is 0.335 e. The molecule has 1 aliphatic rings. The zero-order valence-electron chi connectivity index (χ0n) is 16.3. The van der Waals surface area contributed by atoms with Crippen LogP contribution >= 0.6 is 0 Å². The van der Waals surface area contributed by atoms with Crippen molar-refractivity contribution in [3.8, 4) is 0 Å². The van der Waals surface area contributed by atoms with Gasteiger partial charge in [0.15, 0.2) is 5.69 Å². The molecule has 0 N–H and O–H groups in total. The standard InChI is InChI=1S/C22H24N4O2/c1-16-7-9-17(10-8-16)15-25-11-13-26(14-12-25)22(28)20-21(27)18-5-3-4-6-19(18)24(2)23-20/h3-10H,11-15H2,1-2H3. The molecule has 6 heteroatoms. The summed E-state index contributed by atoms with van der Waals surface area (Å²) in [6.07, 6.45) is 0. The number of benzene rings is 2. The van der Waals surface area contributed by atoms with Gasteiger partial charge in [-0.25, -0.2) is 0 Å². The Bertz CT molecular complexity index is 1060. The van der Waals surface area contributed by atoms with Crippen LogP contribution in [0.25, 0.3) is 10.9 Å². The number of hydrogen-bond acceptors (Lipinski definition) is 4. The number of para-hydroxylation sites is 1. The fourth-order valence-corrected chi connectivity index (χ4v) is 3.68. The van der Waals surface area contributed by atoms with Gasteiger partial charge in [-0.1, -0.05) is 42.0 Å². The summed E-state index contributed by atoms with van der Waals surface area (Å²) < 4.78 is 1.61. The molecule has 0 radical (unpaired) electrons. The fraction of sp³-hybridized carbons (Fsp3) is 0.318. The average molecular weight is 376 g/mol. The van der Waals surface area contributed by atoms with Gasteiger partial charge in [-0.2, -0.15) is 5.10 Å². The third kappa shape index (κ3) is 3.55. The normalized spacial score (nSPS) is 15.1. The lowest BCUT2D eigenvalue weighted by Gasteiger charge is -2.34. The van der Waals surface area contributed by atoms with Gasteiger partial charge in [0.05, 0.1) is 5.52 Å². The van der Waals surface area contributed by atoms with E-state index in [9.17, 15) is 9.59 Å². The molecule has 1 aromatic heterocycles.